The minimum absolute atomic E-state index is 0.429. The first kappa shape index (κ1) is 8.21. The fraction of sp³-hybridized carbons (Fsp3) is 1.00. The van der Waals surface area contributed by atoms with Gasteiger partial charge in [-0.05, 0) is 26.4 Å². The third-order valence-electron chi connectivity index (χ3n) is 2.05. The fourth-order valence-electron chi connectivity index (χ4n) is 1.39. The molecule has 0 amide bonds. The van der Waals surface area contributed by atoms with E-state index in [1.165, 1.54) is 13.0 Å². The van der Waals surface area contributed by atoms with Crippen molar-refractivity contribution in [2.75, 3.05) is 26.4 Å². The summed E-state index contributed by atoms with van der Waals surface area (Å²) in [4.78, 5) is 2.26. The summed E-state index contributed by atoms with van der Waals surface area (Å²) in [6.45, 7) is 2.19. The Balaban J connectivity index is 2.39. The zero-order valence-corrected chi connectivity index (χ0v) is 7.49. The molecule has 0 bridgehead atoms. The van der Waals surface area contributed by atoms with Gasteiger partial charge in [0.15, 0.2) is 0 Å². The van der Waals surface area contributed by atoms with Crippen molar-refractivity contribution in [3.05, 3.63) is 0 Å². The Morgan fingerprint density at radius 3 is 2.70 bits per heavy atom. The predicted octanol–water partition coefficient (Wildman–Crippen LogP) is 0.459. The molecule has 60 valence electrons. The lowest BCUT2D eigenvalue weighted by Gasteiger charge is -2.27. The standard InChI is InChI=1S/C7H15NOS/c1-8-5-3-4-7(6-8)10(2)9/h7H,3-6H2,1-2H3/t7-,10?/m1/s1. The topological polar surface area (TPSA) is 20.3 Å². The molecule has 1 saturated heterocycles. The van der Waals surface area contributed by atoms with E-state index in [1.54, 1.807) is 0 Å². The zero-order chi connectivity index (χ0) is 7.56. The Kier molecular flexibility index (Phi) is 2.86. The van der Waals surface area contributed by atoms with Crippen molar-refractivity contribution in [2.24, 2.45) is 0 Å². The maximum atomic E-state index is 11.0. The minimum Gasteiger partial charge on any atom is -0.305 e. The monoisotopic (exact) mass is 161 g/mol. The molecule has 1 heterocycles. The molecule has 1 aliphatic rings. The zero-order valence-electron chi connectivity index (χ0n) is 6.67. The van der Waals surface area contributed by atoms with Gasteiger partial charge in [-0.2, -0.15) is 0 Å². The van der Waals surface area contributed by atoms with Crippen LogP contribution >= 0.6 is 0 Å². The van der Waals surface area contributed by atoms with Crippen LogP contribution < -0.4 is 0 Å². The van der Waals surface area contributed by atoms with E-state index >= 15 is 0 Å². The SMILES string of the molecule is CN1CCC[C@@H](S(C)=O)C1. The smallest absolute Gasteiger partial charge is 0.0472 e. The summed E-state index contributed by atoms with van der Waals surface area (Å²) in [5.41, 5.74) is 0. The van der Waals surface area contributed by atoms with E-state index in [-0.39, 0.29) is 0 Å². The molecular formula is C7H15NOS. The summed E-state index contributed by atoms with van der Waals surface area (Å²) < 4.78 is 11.0. The number of rotatable bonds is 1. The van der Waals surface area contributed by atoms with Gasteiger partial charge in [-0.15, -0.1) is 0 Å². The summed E-state index contributed by atoms with van der Waals surface area (Å²) in [6, 6.07) is 0. The van der Waals surface area contributed by atoms with Crippen LogP contribution in [0.2, 0.25) is 0 Å². The highest BCUT2D eigenvalue weighted by molar-refractivity contribution is 7.84. The lowest BCUT2D eigenvalue weighted by Crippen LogP contribution is -2.37. The molecule has 1 rings (SSSR count). The number of likely N-dealkylation sites (tertiary alicyclic amines) is 1. The molecule has 2 atom stereocenters. The summed E-state index contributed by atoms with van der Waals surface area (Å²) in [7, 11) is 1.48. The number of hydrogen-bond acceptors (Lipinski definition) is 2. The van der Waals surface area contributed by atoms with Gasteiger partial charge in [0.2, 0.25) is 0 Å². The second kappa shape index (κ2) is 3.49. The molecular weight excluding hydrogens is 146 g/mol. The van der Waals surface area contributed by atoms with Gasteiger partial charge in [0.05, 0.1) is 0 Å². The van der Waals surface area contributed by atoms with Crippen LogP contribution in [-0.2, 0) is 10.8 Å². The number of piperidine rings is 1. The first-order chi connectivity index (χ1) is 4.70. The molecule has 3 heteroatoms. The molecule has 0 saturated carbocycles. The molecule has 0 aromatic heterocycles. The molecule has 1 aliphatic heterocycles. The highest BCUT2D eigenvalue weighted by Crippen LogP contribution is 2.11. The second-order valence-corrected chi connectivity index (χ2v) is 4.69. The maximum Gasteiger partial charge on any atom is 0.0472 e. The van der Waals surface area contributed by atoms with Gasteiger partial charge in [0, 0.05) is 28.9 Å². The van der Waals surface area contributed by atoms with Crippen molar-refractivity contribution in [1.82, 2.24) is 4.90 Å². The second-order valence-electron chi connectivity index (χ2n) is 3.03. The molecule has 0 radical (unpaired) electrons. The van der Waals surface area contributed by atoms with E-state index in [4.69, 9.17) is 0 Å². The van der Waals surface area contributed by atoms with Crippen LogP contribution in [0, 0.1) is 0 Å². The minimum atomic E-state index is -0.614. The predicted molar refractivity (Wildman–Crippen MR) is 44.6 cm³/mol. The largest absolute Gasteiger partial charge is 0.305 e. The quantitative estimate of drug-likeness (QED) is 0.557. The van der Waals surface area contributed by atoms with Crippen LogP contribution in [0.1, 0.15) is 12.8 Å². The molecule has 0 N–H and O–H groups in total. The van der Waals surface area contributed by atoms with Gasteiger partial charge in [-0.25, -0.2) is 0 Å². The van der Waals surface area contributed by atoms with Crippen LogP contribution in [-0.4, -0.2) is 40.8 Å². The Bertz CT molecular complexity index is 138. The molecule has 1 unspecified atom stereocenters. The summed E-state index contributed by atoms with van der Waals surface area (Å²) >= 11 is 0. The highest BCUT2D eigenvalue weighted by Gasteiger charge is 2.19. The fourth-order valence-corrected chi connectivity index (χ4v) is 2.35. The molecule has 0 aromatic rings. The van der Waals surface area contributed by atoms with Crippen molar-refractivity contribution in [1.29, 1.82) is 0 Å². The van der Waals surface area contributed by atoms with Gasteiger partial charge in [0.25, 0.3) is 0 Å². The van der Waals surface area contributed by atoms with E-state index in [0.29, 0.717) is 5.25 Å². The molecule has 0 spiro atoms. The normalized spacial score (nSPS) is 32.0. The first-order valence-corrected chi connectivity index (χ1v) is 5.33. The Labute approximate surface area is 65.1 Å². The average Bonchev–Trinajstić information content (AvgIpc) is 1.88. The maximum absolute atomic E-state index is 11.0. The summed E-state index contributed by atoms with van der Waals surface area (Å²) in [5.74, 6) is 0. The highest BCUT2D eigenvalue weighted by atomic mass is 32.2. The van der Waals surface area contributed by atoms with E-state index in [0.717, 1.165) is 13.0 Å². The van der Waals surface area contributed by atoms with Crippen molar-refractivity contribution in [2.45, 2.75) is 18.1 Å². The Morgan fingerprint density at radius 2 is 2.30 bits per heavy atom. The summed E-state index contributed by atoms with van der Waals surface area (Å²) in [5, 5.41) is 0.429. The molecule has 10 heavy (non-hydrogen) atoms. The number of hydrogen-bond donors (Lipinski definition) is 0. The Morgan fingerprint density at radius 1 is 1.60 bits per heavy atom. The van der Waals surface area contributed by atoms with Gasteiger partial charge < -0.3 is 4.90 Å². The number of nitrogens with zero attached hydrogens (tertiary/aromatic N) is 1. The Hall–Kier alpha value is 0.110. The van der Waals surface area contributed by atoms with E-state index in [2.05, 4.69) is 11.9 Å². The van der Waals surface area contributed by atoms with Crippen molar-refractivity contribution in [3.63, 3.8) is 0 Å². The van der Waals surface area contributed by atoms with E-state index < -0.39 is 10.8 Å². The van der Waals surface area contributed by atoms with Crippen LogP contribution in [0.15, 0.2) is 0 Å². The van der Waals surface area contributed by atoms with Gasteiger partial charge in [-0.1, -0.05) is 0 Å². The van der Waals surface area contributed by atoms with Crippen LogP contribution in [0.4, 0.5) is 0 Å². The van der Waals surface area contributed by atoms with Gasteiger partial charge in [-0.3, -0.25) is 4.21 Å². The lowest BCUT2D eigenvalue weighted by molar-refractivity contribution is 0.281. The summed E-state index contributed by atoms with van der Waals surface area (Å²) in [6.07, 6.45) is 4.16. The van der Waals surface area contributed by atoms with Crippen molar-refractivity contribution < 1.29 is 4.21 Å². The van der Waals surface area contributed by atoms with Crippen LogP contribution in [0.3, 0.4) is 0 Å². The molecule has 2 nitrogen and oxygen atoms in total. The van der Waals surface area contributed by atoms with E-state index in [9.17, 15) is 4.21 Å². The average molecular weight is 161 g/mol. The first-order valence-electron chi connectivity index (χ1n) is 3.71. The molecule has 0 aromatic carbocycles. The van der Waals surface area contributed by atoms with Crippen LogP contribution in [0.25, 0.3) is 0 Å². The lowest BCUT2D eigenvalue weighted by atomic mass is 10.1. The van der Waals surface area contributed by atoms with Crippen LogP contribution in [0.5, 0.6) is 0 Å². The van der Waals surface area contributed by atoms with E-state index in [1.807, 2.05) is 6.26 Å². The molecule has 0 aliphatic carbocycles. The third kappa shape index (κ3) is 2.06. The van der Waals surface area contributed by atoms with Crippen molar-refractivity contribution >= 4 is 10.8 Å². The van der Waals surface area contributed by atoms with Crippen molar-refractivity contribution in [3.8, 4) is 0 Å². The van der Waals surface area contributed by atoms with Gasteiger partial charge in [0.1, 0.15) is 0 Å². The molecule has 1 fully saturated rings. The van der Waals surface area contributed by atoms with Gasteiger partial charge >= 0.3 is 0 Å². The third-order valence-corrected chi connectivity index (χ3v) is 3.37.